The molecule has 1 heterocycles. The van der Waals surface area contributed by atoms with Crippen LogP contribution in [0.4, 0.5) is 8.78 Å². The number of hydrogen-bond acceptors (Lipinski definition) is 2. The highest BCUT2D eigenvalue weighted by molar-refractivity contribution is 5.39. The van der Waals surface area contributed by atoms with Gasteiger partial charge in [0.05, 0.1) is 6.10 Å². The zero-order valence-electron chi connectivity index (χ0n) is 8.68. The van der Waals surface area contributed by atoms with Gasteiger partial charge in [-0.1, -0.05) is 6.07 Å². The van der Waals surface area contributed by atoms with Gasteiger partial charge < -0.3 is 10.1 Å². The smallest absolute Gasteiger partial charge is 0.200 e. The van der Waals surface area contributed by atoms with E-state index in [0.717, 1.165) is 12.5 Å². The molecule has 1 N–H and O–H groups in total. The summed E-state index contributed by atoms with van der Waals surface area (Å²) in [5, 5.41) is 3.07. The van der Waals surface area contributed by atoms with E-state index < -0.39 is 11.6 Å². The molecule has 15 heavy (non-hydrogen) atoms. The number of nitrogens with one attached hydrogen (secondary N) is 1. The molecule has 0 radical (unpaired) electrons. The second-order valence-electron chi connectivity index (χ2n) is 3.79. The van der Waals surface area contributed by atoms with Gasteiger partial charge in [0.15, 0.2) is 11.6 Å². The van der Waals surface area contributed by atoms with Gasteiger partial charge in [-0.3, -0.25) is 0 Å². The van der Waals surface area contributed by atoms with Crippen molar-refractivity contribution in [3.05, 3.63) is 29.3 Å². The third-order valence-electron chi connectivity index (χ3n) is 2.69. The van der Waals surface area contributed by atoms with Gasteiger partial charge in [-0.05, 0) is 20.0 Å². The predicted octanol–water partition coefficient (Wildman–Crippen LogP) is 2.40. The van der Waals surface area contributed by atoms with Gasteiger partial charge in [0.1, 0.15) is 0 Å². The van der Waals surface area contributed by atoms with Crippen LogP contribution >= 0.6 is 0 Å². The van der Waals surface area contributed by atoms with Crippen molar-refractivity contribution >= 4 is 0 Å². The van der Waals surface area contributed by atoms with Gasteiger partial charge in [0.2, 0.25) is 5.82 Å². The Morgan fingerprint density at radius 3 is 2.80 bits per heavy atom. The summed E-state index contributed by atoms with van der Waals surface area (Å²) in [5.74, 6) is -1.70. The Hall–Kier alpha value is -1.16. The second kappa shape index (κ2) is 3.77. The van der Waals surface area contributed by atoms with Crippen molar-refractivity contribution in [2.45, 2.75) is 25.5 Å². The van der Waals surface area contributed by atoms with E-state index in [0.29, 0.717) is 5.56 Å². The summed E-state index contributed by atoms with van der Waals surface area (Å²) in [6, 6.07) is 2.73. The highest BCUT2D eigenvalue weighted by Crippen LogP contribution is 2.37. The Balaban J connectivity index is 2.51. The zero-order valence-corrected chi connectivity index (χ0v) is 8.68. The standard InChI is InChI=1S/C11H13F2NO/c1-6-5-9(14-2)7-3-4-8(12)10(13)11(7)15-6/h3-4,6,9,14H,5H2,1-2H3. The predicted molar refractivity (Wildman–Crippen MR) is 52.9 cm³/mol. The van der Waals surface area contributed by atoms with Crippen molar-refractivity contribution in [1.29, 1.82) is 0 Å². The molecule has 0 spiro atoms. The summed E-state index contributed by atoms with van der Waals surface area (Å²) >= 11 is 0. The number of benzene rings is 1. The van der Waals surface area contributed by atoms with Crippen LogP contribution in [-0.2, 0) is 0 Å². The molecular formula is C11H13F2NO. The molecule has 1 aliphatic rings. The van der Waals surface area contributed by atoms with E-state index >= 15 is 0 Å². The minimum absolute atomic E-state index is 0.0267. The summed E-state index contributed by atoms with van der Waals surface area (Å²) < 4.78 is 31.7. The summed E-state index contributed by atoms with van der Waals surface area (Å²) in [4.78, 5) is 0. The normalized spacial score (nSPS) is 24.5. The molecule has 2 nitrogen and oxygen atoms in total. The lowest BCUT2D eigenvalue weighted by Crippen LogP contribution is -2.30. The number of ether oxygens (including phenoxy) is 1. The SMILES string of the molecule is CNC1CC(C)Oc2c1ccc(F)c2F. The fourth-order valence-electron chi connectivity index (χ4n) is 1.92. The molecule has 82 valence electrons. The van der Waals surface area contributed by atoms with Crippen molar-refractivity contribution in [3.8, 4) is 5.75 Å². The summed E-state index contributed by atoms with van der Waals surface area (Å²) in [5.41, 5.74) is 0.689. The summed E-state index contributed by atoms with van der Waals surface area (Å²) in [6.45, 7) is 1.84. The summed E-state index contributed by atoms with van der Waals surface area (Å²) in [7, 11) is 1.80. The van der Waals surface area contributed by atoms with E-state index in [1.807, 2.05) is 6.92 Å². The third kappa shape index (κ3) is 1.69. The van der Waals surface area contributed by atoms with Crippen LogP contribution in [0.25, 0.3) is 0 Å². The van der Waals surface area contributed by atoms with Gasteiger partial charge in [-0.15, -0.1) is 0 Å². The van der Waals surface area contributed by atoms with Crippen molar-refractivity contribution in [2.75, 3.05) is 7.05 Å². The van der Waals surface area contributed by atoms with Crippen LogP contribution in [0.15, 0.2) is 12.1 Å². The van der Waals surface area contributed by atoms with Crippen LogP contribution in [0.2, 0.25) is 0 Å². The molecule has 4 heteroatoms. The van der Waals surface area contributed by atoms with Gasteiger partial charge in [-0.2, -0.15) is 4.39 Å². The van der Waals surface area contributed by atoms with Crippen LogP contribution in [0.1, 0.15) is 24.9 Å². The molecule has 1 aromatic rings. The monoisotopic (exact) mass is 213 g/mol. The van der Waals surface area contributed by atoms with Gasteiger partial charge in [-0.25, -0.2) is 4.39 Å². The Labute approximate surface area is 87.2 Å². The molecule has 1 aromatic carbocycles. The Bertz CT molecular complexity index is 381. The van der Waals surface area contributed by atoms with E-state index in [1.54, 1.807) is 13.1 Å². The van der Waals surface area contributed by atoms with Gasteiger partial charge >= 0.3 is 0 Å². The quantitative estimate of drug-likeness (QED) is 0.773. The molecule has 2 unspecified atom stereocenters. The number of fused-ring (bicyclic) bond motifs is 1. The lowest BCUT2D eigenvalue weighted by molar-refractivity contribution is 0.158. The first-order valence-corrected chi connectivity index (χ1v) is 4.95. The molecule has 0 bridgehead atoms. The topological polar surface area (TPSA) is 21.3 Å². The molecular weight excluding hydrogens is 200 g/mol. The maximum Gasteiger partial charge on any atom is 0.200 e. The molecule has 0 aliphatic carbocycles. The average Bonchev–Trinajstić information content (AvgIpc) is 2.23. The summed E-state index contributed by atoms with van der Waals surface area (Å²) in [6.07, 6.45) is 0.653. The first-order chi connectivity index (χ1) is 7.13. The lowest BCUT2D eigenvalue weighted by atomic mass is 9.97. The largest absolute Gasteiger partial charge is 0.487 e. The Kier molecular flexibility index (Phi) is 2.61. The molecule has 0 aromatic heterocycles. The van der Waals surface area contributed by atoms with Crippen molar-refractivity contribution < 1.29 is 13.5 Å². The maximum absolute atomic E-state index is 13.4. The van der Waals surface area contributed by atoms with Crippen LogP contribution in [-0.4, -0.2) is 13.2 Å². The third-order valence-corrected chi connectivity index (χ3v) is 2.69. The molecule has 1 aliphatic heterocycles. The van der Waals surface area contributed by atoms with E-state index in [9.17, 15) is 8.78 Å². The van der Waals surface area contributed by atoms with Crippen molar-refractivity contribution in [2.24, 2.45) is 0 Å². The fraction of sp³-hybridized carbons (Fsp3) is 0.455. The van der Waals surface area contributed by atoms with Crippen LogP contribution in [0.3, 0.4) is 0 Å². The van der Waals surface area contributed by atoms with E-state index in [1.165, 1.54) is 0 Å². The molecule has 2 atom stereocenters. The van der Waals surface area contributed by atoms with Crippen LogP contribution < -0.4 is 10.1 Å². The van der Waals surface area contributed by atoms with Crippen LogP contribution in [0, 0.1) is 11.6 Å². The van der Waals surface area contributed by atoms with E-state index in [4.69, 9.17) is 4.74 Å². The molecule has 2 rings (SSSR count). The van der Waals surface area contributed by atoms with Gasteiger partial charge in [0.25, 0.3) is 0 Å². The molecule has 0 saturated heterocycles. The average molecular weight is 213 g/mol. The minimum Gasteiger partial charge on any atom is -0.487 e. The first-order valence-electron chi connectivity index (χ1n) is 4.95. The molecule has 0 saturated carbocycles. The minimum atomic E-state index is -0.890. The van der Waals surface area contributed by atoms with Crippen LogP contribution in [0.5, 0.6) is 5.75 Å². The fourth-order valence-corrected chi connectivity index (χ4v) is 1.92. The first kappa shape index (κ1) is 10.4. The van der Waals surface area contributed by atoms with E-state index in [2.05, 4.69) is 5.32 Å². The highest BCUT2D eigenvalue weighted by atomic mass is 19.2. The molecule has 0 amide bonds. The molecule has 0 fully saturated rings. The Morgan fingerprint density at radius 2 is 2.13 bits per heavy atom. The van der Waals surface area contributed by atoms with E-state index in [-0.39, 0.29) is 17.9 Å². The van der Waals surface area contributed by atoms with Crippen molar-refractivity contribution in [3.63, 3.8) is 0 Å². The number of halogens is 2. The lowest BCUT2D eigenvalue weighted by Gasteiger charge is -2.30. The number of rotatable bonds is 1. The Morgan fingerprint density at radius 1 is 1.40 bits per heavy atom. The maximum atomic E-state index is 13.4. The highest BCUT2D eigenvalue weighted by Gasteiger charge is 2.28. The second-order valence-corrected chi connectivity index (χ2v) is 3.79. The van der Waals surface area contributed by atoms with Gasteiger partial charge in [0, 0.05) is 18.0 Å². The van der Waals surface area contributed by atoms with Crippen molar-refractivity contribution in [1.82, 2.24) is 5.32 Å². The number of hydrogen-bond donors (Lipinski definition) is 1. The zero-order chi connectivity index (χ0) is 11.0.